The largest absolute Gasteiger partial charge is 0.310 e. The van der Waals surface area contributed by atoms with Crippen LogP contribution in [-0.2, 0) is 0 Å². The average molecular weight is 288 g/mol. The van der Waals surface area contributed by atoms with Gasteiger partial charge in [0.15, 0.2) is 0 Å². The second kappa shape index (κ2) is 7.02. The van der Waals surface area contributed by atoms with Gasteiger partial charge in [-0.2, -0.15) is 0 Å². The molecule has 0 radical (unpaired) electrons. The Morgan fingerprint density at radius 1 is 1.38 bits per heavy atom. The van der Waals surface area contributed by atoms with Gasteiger partial charge in [0.05, 0.1) is 4.47 Å². The van der Waals surface area contributed by atoms with Gasteiger partial charge in [0.25, 0.3) is 0 Å². The van der Waals surface area contributed by atoms with Crippen LogP contribution in [0.2, 0.25) is 0 Å². The van der Waals surface area contributed by atoms with E-state index in [1.54, 1.807) is 12.1 Å². The molecule has 0 amide bonds. The van der Waals surface area contributed by atoms with Crippen LogP contribution >= 0.6 is 15.9 Å². The van der Waals surface area contributed by atoms with E-state index in [0.29, 0.717) is 4.47 Å². The van der Waals surface area contributed by atoms with Crippen molar-refractivity contribution in [2.75, 3.05) is 6.54 Å². The lowest BCUT2D eigenvalue weighted by atomic mass is 10.0. The Morgan fingerprint density at radius 2 is 2.12 bits per heavy atom. The molecule has 0 aromatic heterocycles. The molecule has 0 aliphatic rings. The molecule has 1 aromatic carbocycles. The van der Waals surface area contributed by atoms with Gasteiger partial charge in [-0.1, -0.05) is 32.8 Å². The van der Waals surface area contributed by atoms with Gasteiger partial charge >= 0.3 is 0 Å². The van der Waals surface area contributed by atoms with Gasteiger partial charge in [0.1, 0.15) is 5.82 Å². The summed E-state index contributed by atoms with van der Waals surface area (Å²) in [5.74, 6) is -0.183. The quantitative estimate of drug-likeness (QED) is 0.816. The van der Waals surface area contributed by atoms with Crippen molar-refractivity contribution in [2.45, 2.75) is 39.2 Å². The normalized spacial score (nSPS) is 12.8. The average Bonchev–Trinajstić information content (AvgIpc) is 2.28. The van der Waals surface area contributed by atoms with E-state index in [2.05, 4.69) is 35.1 Å². The monoisotopic (exact) mass is 287 g/mol. The lowest BCUT2D eigenvalue weighted by Gasteiger charge is -2.18. The van der Waals surface area contributed by atoms with Crippen LogP contribution in [0, 0.1) is 5.82 Å². The van der Waals surface area contributed by atoms with Crippen molar-refractivity contribution in [2.24, 2.45) is 0 Å². The van der Waals surface area contributed by atoms with Crippen molar-refractivity contribution >= 4 is 15.9 Å². The zero-order valence-corrected chi connectivity index (χ0v) is 11.5. The van der Waals surface area contributed by atoms with Gasteiger partial charge in [0, 0.05) is 6.04 Å². The molecule has 0 saturated heterocycles. The summed E-state index contributed by atoms with van der Waals surface area (Å²) in [5.41, 5.74) is 1.04. The van der Waals surface area contributed by atoms with Gasteiger partial charge in [0.2, 0.25) is 0 Å². The number of hydrogen-bond donors (Lipinski definition) is 1. The molecule has 0 spiro atoms. The predicted octanol–water partition coefficient (Wildman–Crippen LogP) is 4.43. The van der Waals surface area contributed by atoms with Crippen LogP contribution in [-0.4, -0.2) is 6.54 Å². The molecule has 0 heterocycles. The van der Waals surface area contributed by atoms with E-state index in [4.69, 9.17) is 0 Å². The summed E-state index contributed by atoms with van der Waals surface area (Å²) in [7, 11) is 0. The predicted molar refractivity (Wildman–Crippen MR) is 70.0 cm³/mol. The molecule has 0 fully saturated rings. The van der Waals surface area contributed by atoms with Gasteiger partial charge in [-0.05, 0) is 46.6 Å². The lowest BCUT2D eigenvalue weighted by molar-refractivity contribution is 0.491. The minimum atomic E-state index is -0.183. The highest BCUT2D eigenvalue weighted by Crippen LogP contribution is 2.23. The molecular formula is C13H19BrFN. The Labute approximate surface area is 106 Å². The molecule has 1 rings (SSSR count). The highest BCUT2D eigenvalue weighted by atomic mass is 79.9. The summed E-state index contributed by atoms with van der Waals surface area (Å²) in [6.07, 6.45) is 3.39. The van der Waals surface area contributed by atoms with E-state index >= 15 is 0 Å². The Morgan fingerprint density at radius 3 is 2.69 bits per heavy atom. The maximum absolute atomic E-state index is 13.4. The molecule has 1 aromatic rings. The Balaban J connectivity index is 2.78. The third-order valence-corrected chi connectivity index (χ3v) is 3.29. The van der Waals surface area contributed by atoms with Crippen molar-refractivity contribution in [3.63, 3.8) is 0 Å². The highest BCUT2D eigenvalue weighted by molar-refractivity contribution is 9.10. The van der Waals surface area contributed by atoms with Crippen molar-refractivity contribution in [1.82, 2.24) is 5.32 Å². The van der Waals surface area contributed by atoms with Crippen molar-refractivity contribution in [3.05, 3.63) is 34.1 Å². The van der Waals surface area contributed by atoms with E-state index in [0.717, 1.165) is 24.9 Å². The molecule has 0 bridgehead atoms. The standard InChI is InChI=1S/C13H19BrFN/c1-3-5-6-13(16-4-2)10-7-8-11(14)12(15)9-10/h7-9,13,16H,3-6H2,1-2H3. The topological polar surface area (TPSA) is 12.0 Å². The first-order valence-electron chi connectivity index (χ1n) is 5.87. The summed E-state index contributed by atoms with van der Waals surface area (Å²) < 4.78 is 14.0. The van der Waals surface area contributed by atoms with Crippen LogP contribution in [0.1, 0.15) is 44.7 Å². The van der Waals surface area contributed by atoms with E-state index in [-0.39, 0.29) is 11.9 Å². The SMILES string of the molecule is CCCCC(NCC)c1ccc(Br)c(F)c1. The number of nitrogens with one attached hydrogen (secondary N) is 1. The number of benzene rings is 1. The van der Waals surface area contributed by atoms with Crippen molar-refractivity contribution < 1.29 is 4.39 Å². The Hall–Kier alpha value is -0.410. The second-order valence-electron chi connectivity index (χ2n) is 3.93. The summed E-state index contributed by atoms with van der Waals surface area (Å²) in [6.45, 7) is 5.16. The zero-order chi connectivity index (χ0) is 12.0. The molecule has 1 atom stereocenters. The number of rotatable bonds is 6. The third-order valence-electron chi connectivity index (χ3n) is 2.64. The van der Waals surface area contributed by atoms with Crippen LogP contribution in [0.3, 0.4) is 0 Å². The van der Waals surface area contributed by atoms with E-state index in [1.807, 2.05) is 6.07 Å². The maximum Gasteiger partial charge on any atom is 0.137 e. The molecule has 0 aliphatic heterocycles. The highest BCUT2D eigenvalue weighted by Gasteiger charge is 2.11. The minimum absolute atomic E-state index is 0.183. The molecule has 3 heteroatoms. The van der Waals surface area contributed by atoms with Crippen LogP contribution in [0.25, 0.3) is 0 Å². The maximum atomic E-state index is 13.4. The molecule has 0 saturated carbocycles. The molecule has 1 N–H and O–H groups in total. The molecular weight excluding hydrogens is 269 g/mol. The van der Waals surface area contributed by atoms with E-state index in [9.17, 15) is 4.39 Å². The lowest BCUT2D eigenvalue weighted by Crippen LogP contribution is -2.20. The van der Waals surface area contributed by atoms with Crippen LogP contribution in [0.5, 0.6) is 0 Å². The second-order valence-corrected chi connectivity index (χ2v) is 4.78. The molecule has 1 nitrogen and oxygen atoms in total. The minimum Gasteiger partial charge on any atom is -0.310 e. The van der Waals surface area contributed by atoms with Gasteiger partial charge in [-0.15, -0.1) is 0 Å². The van der Waals surface area contributed by atoms with Gasteiger partial charge in [-0.3, -0.25) is 0 Å². The molecule has 1 unspecified atom stereocenters. The van der Waals surface area contributed by atoms with Crippen molar-refractivity contribution in [3.8, 4) is 0 Å². The van der Waals surface area contributed by atoms with Gasteiger partial charge in [-0.25, -0.2) is 4.39 Å². The molecule has 90 valence electrons. The van der Waals surface area contributed by atoms with E-state index in [1.165, 1.54) is 6.42 Å². The number of halogens is 2. The fraction of sp³-hybridized carbons (Fsp3) is 0.538. The van der Waals surface area contributed by atoms with E-state index < -0.39 is 0 Å². The van der Waals surface area contributed by atoms with Gasteiger partial charge < -0.3 is 5.32 Å². The number of hydrogen-bond acceptors (Lipinski definition) is 1. The third kappa shape index (κ3) is 3.87. The van der Waals surface area contributed by atoms with Crippen LogP contribution in [0.4, 0.5) is 4.39 Å². The Kier molecular flexibility index (Phi) is 5.99. The summed E-state index contributed by atoms with van der Waals surface area (Å²) in [6, 6.07) is 5.65. The first-order valence-corrected chi connectivity index (χ1v) is 6.66. The summed E-state index contributed by atoms with van der Waals surface area (Å²) >= 11 is 3.17. The van der Waals surface area contributed by atoms with Crippen molar-refractivity contribution in [1.29, 1.82) is 0 Å². The molecule has 16 heavy (non-hydrogen) atoms. The summed E-state index contributed by atoms with van der Waals surface area (Å²) in [5, 5.41) is 3.40. The molecule has 0 aliphatic carbocycles. The zero-order valence-electron chi connectivity index (χ0n) is 9.89. The van der Waals surface area contributed by atoms with Crippen LogP contribution in [0.15, 0.2) is 22.7 Å². The number of unbranched alkanes of at least 4 members (excludes halogenated alkanes) is 1. The Bertz CT molecular complexity index is 328. The first-order chi connectivity index (χ1) is 7.69. The van der Waals surface area contributed by atoms with Crippen LogP contribution < -0.4 is 5.32 Å². The fourth-order valence-electron chi connectivity index (χ4n) is 1.77. The fourth-order valence-corrected chi connectivity index (χ4v) is 2.02. The first kappa shape index (κ1) is 13.7. The summed E-state index contributed by atoms with van der Waals surface area (Å²) in [4.78, 5) is 0. The smallest absolute Gasteiger partial charge is 0.137 e.